The van der Waals surface area contributed by atoms with Gasteiger partial charge in [0, 0.05) is 56.9 Å². The maximum Gasteiger partial charge on any atom is 0.251 e. The van der Waals surface area contributed by atoms with E-state index >= 15 is 0 Å². The molecule has 1 aromatic carbocycles. The van der Waals surface area contributed by atoms with Crippen molar-refractivity contribution in [3.63, 3.8) is 0 Å². The highest BCUT2D eigenvalue weighted by Gasteiger charge is 2.33. The van der Waals surface area contributed by atoms with E-state index in [4.69, 9.17) is 4.74 Å². The van der Waals surface area contributed by atoms with Crippen LogP contribution in [0.3, 0.4) is 0 Å². The molecular weight excluding hydrogens is 384 g/mol. The first-order chi connectivity index (χ1) is 14.6. The average molecular weight is 417 g/mol. The number of unbranched alkanes of at least 4 members (excludes halogenated alkanes) is 1. The molecule has 0 aromatic heterocycles. The first-order valence-electron chi connectivity index (χ1n) is 10.8. The smallest absolute Gasteiger partial charge is 0.251 e. The van der Waals surface area contributed by atoms with Gasteiger partial charge < -0.3 is 20.3 Å². The molecule has 30 heavy (non-hydrogen) atoms. The second-order valence-corrected chi connectivity index (χ2v) is 7.87. The van der Waals surface area contributed by atoms with Gasteiger partial charge in [-0.2, -0.15) is 0 Å². The Hall–Kier alpha value is -2.45. The number of anilines is 1. The van der Waals surface area contributed by atoms with E-state index in [2.05, 4.69) is 22.5 Å². The topological polar surface area (TPSA) is 91.0 Å². The van der Waals surface area contributed by atoms with Crippen LogP contribution in [0, 0.1) is 5.92 Å². The molecule has 2 aliphatic rings. The van der Waals surface area contributed by atoms with Crippen molar-refractivity contribution in [1.29, 1.82) is 0 Å². The number of nitrogens with one attached hydrogen (secondary N) is 2. The second-order valence-electron chi connectivity index (χ2n) is 7.87. The average Bonchev–Trinajstić information content (AvgIpc) is 3.14. The van der Waals surface area contributed by atoms with Crippen LogP contribution in [0.25, 0.3) is 0 Å². The number of hydrogen-bond donors (Lipinski definition) is 2. The number of rotatable bonds is 9. The van der Waals surface area contributed by atoms with Crippen molar-refractivity contribution in [2.75, 3.05) is 57.8 Å². The van der Waals surface area contributed by atoms with Crippen LogP contribution >= 0.6 is 0 Å². The van der Waals surface area contributed by atoms with Crippen molar-refractivity contribution in [3.05, 3.63) is 29.8 Å². The van der Waals surface area contributed by atoms with Gasteiger partial charge in [-0.3, -0.25) is 19.3 Å². The minimum atomic E-state index is -0.322. The van der Waals surface area contributed by atoms with E-state index in [1.807, 2.05) is 0 Å². The summed E-state index contributed by atoms with van der Waals surface area (Å²) < 4.78 is 5.32. The summed E-state index contributed by atoms with van der Waals surface area (Å²) in [5.74, 6) is -0.552. The zero-order valence-electron chi connectivity index (χ0n) is 17.7. The fourth-order valence-electron chi connectivity index (χ4n) is 3.72. The van der Waals surface area contributed by atoms with Crippen LogP contribution in [0.1, 0.15) is 36.5 Å². The van der Waals surface area contributed by atoms with E-state index in [-0.39, 0.29) is 30.1 Å². The summed E-state index contributed by atoms with van der Waals surface area (Å²) in [5.41, 5.74) is 1.18. The van der Waals surface area contributed by atoms with Crippen molar-refractivity contribution in [2.45, 2.75) is 26.2 Å². The van der Waals surface area contributed by atoms with Gasteiger partial charge in [-0.1, -0.05) is 13.3 Å². The molecule has 0 unspecified atom stereocenters. The molecule has 3 rings (SSSR count). The molecule has 0 radical (unpaired) electrons. The van der Waals surface area contributed by atoms with Gasteiger partial charge in [0.1, 0.15) is 0 Å². The van der Waals surface area contributed by atoms with Gasteiger partial charge in [0.05, 0.1) is 19.1 Å². The van der Waals surface area contributed by atoms with Crippen LogP contribution in [0.2, 0.25) is 0 Å². The summed E-state index contributed by atoms with van der Waals surface area (Å²) >= 11 is 0. The molecule has 0 bridgehead atoms. The Balaban J connectivity index is 1.43. The van der Waals surface area contributed by atoms with Crippen LogP contribution in [0.4, 0.5) is 5.69 Å². The minimum absolute atomic E-state index is 0.0488. The molecule has 0 saturated carbocycles. The van der Waals surface area contributed by atoms with Gasteiger partial charge in [0.25, 0.3) is 5.91 Å². The molecule has 8 heteroatoms. The molecule has 2 heterocycles. The highest BCUT2D eigenvalue weighted by molar-refractivity contribution is 5.98. The number of morpholine rings is 1. The summed E-state index contributed by atoms with van der Waals surface area (Å²) in [5, 5.41) is 5.79. The molecule has 8 nitrogen and oxygen atoms in total. The van der Waals surface area contributed by atoms with Crippen molar-refractivity contribution >= 4 is 23.4 Å². The largest absolute Gasteiger partial charge is 0.379 e. The molecule has 3 amide bonds. The molecular formula is C22H32N4O4. The first-order valence-corrected chi connectivity index (χ1v) is 10.8. The quantitative estimate of drug-likeness (QED) is 0.634. The lowest BCUT2D eigenvalue weighted by molar-refractivity contribution is -0.128. The lowest BCUT2D eigenvalue weighted by atomic mass is 10.1. The number of carbonyl (C=O) groups is 3. The second kappa shape index (κ2) is 11.1. The number of hydrogen-bond acceptors (Lipinski definition) is 5. The number of carbonyl (C=O) groups excluding carboxylic acids is 3. The van der Waals surface area contributed by atoms with Crippen LogP contribution in [-0.4, -0.2) is 80.0 Å². The highest BCUT2D eigenvalue weighted by atomic mass is 16.5. The molecule has 164 valence electrons. The fraction of sp³-hybridized carbons (Fsp3) is 0.591. The number of benzene rings is 1. The Morgan fingerprint density at radius 2 is 1.87 bits per heavy atom. The van der Waals surface area contributed by atoms with Crippen LogP contribution in [0.15, 0.2) is 24.3 Å². The van der Waals surface area contributed by atoms with Crippen molar-refractivity contribution in [1.82, 2.24) is 15.1 Å². The highest BCUT2D eigenvalue weighted by Crippen LogP contribution is 2.20. The number of nitrogens with zero attached hydrogens (tertiary/aromatic N) is 2. The predicted octanol–water partition coefficient (Wildman–Crippen LogP) is 1.34. The standard InChI is InChI=1S/C22H32N4O4/c1-2-3-9-26-16-18(15-20(26)27)22(29)24-19-6-4-17(5-7-19)21(28)23-8-10-25-11-13-30-14-12-25/h4-7,18H,2-3,8-16H2,1H3,(H,23,28)(H,24,29)/t18-/m0/s1. The molecule has 1 atom stereocenters. The summed E-state index contributed by atoms with van der Waals surface area (Å²) in [4.78, 5) is 40.9. The van der Waals surface area contributed by atoms with Gasteiger partial charge in [-0.15, -0.1) is 0 Å². The zero-order chi connectivity index (χ0) is 21.3. The third-order valence-electron chi connectivity index (χ3n) is 5.60. The van der Waals surface area contributed by atoms with Gasteiger partial charge in [0.2, 0.25) is 11.8 Å². The lowest BCUT2D eigenvalue weighted by Crippen LogP contribution is -2.41. The molecule has 2 N–H and O–H groups in total. The summed E-state index contributed by atoms with van der Waals surface area (Å²) in [6.07, 6.45) is 2.24. The Labute approximate surface area is 177 Å². The first kappa shape index (κ1) is 22.2. The van der Waals surface area contributed by atoms with Crippen LogP contribution < -0.4 is 10.6 Å². The van der Waals surface area contributed by atoms with E-state index < -0.39 is 0 Å². The van der Waals surface area contributed by atoms with Crippen LogP contribution in [-0.2, 0) is 14.3 Å². The van der Waals surface area contributed by atoms with Gasteiger partial charge >= 0.3 is 0 Å². The van der Waals surface area contributed by atoms with E-state index in [9.17, 15) is 14.4 Å². The summed E-state index contributed by atoms with van der Waals surface area (Å²) in [7, 11) is 0. The van der Waals surface area contributed by atoms with E-state index in [1.54, 1.807) is 29.2 Å². The lowest BCUT2D eigenvalue weighted by Gasteiger charge is -2.26. The molecule has 0 aliphatic carbocycles. The summed E-state index contributed by atoms with van der Waals surface area (Å²) in [6.45, 7) is 7.95. The van der Waals surface area contributed by atoms with E-state index in [0.717, 1.165) is 45.7 Å². The minimum Gasteiger partial charge on any atom is -0.379 e. The van der Waals surface area contributed by atoms with Crippen molar-refractivity contribution in [2.24, 2.45) is 5.92 Å². The SMILES string of the molecule is CCCCN1C[C@@H](C(=O)Nc2ccc(C(=O)NCCN3CCOCC3)cc2)CC1=O. The molecule has 1 aromatic rings. The summed E-state index contributed by atoms with van der Waals surface area (Å²) in [6, 6.07) is 6.85. The van der Waals surface area contributed by atoms with Gasteiger partial charge in [0.15, 0.2) is 0 Å². The maximum absolute atomic E-state index is 12.5. The molecule has 2 aliphatic heterocycles. The Morgan fingerprint density at radius 3 is 2.57 bits per heavy atom. The fourth-order valence-corrected chi connectivity index (χ4v) is 3.72. The van der Waals surface area contributed by atoms with E-state index in [1.165, 1.54) is 0 Å². The molecule has 0 spiro atoms. The third kappa shape index (κ3) is 6.27. The van der Waals surface area contributed by atoms with Crippen LogP contribution in [0.5, 0.6) is 0 Å². The van der Waals surface area contributed by atoms with Gasteiger partial charge in [-0.25, -0.2) is 0 Å². The molecule has 2 saturated heterocycles. The Morgan fingerprint density at radius 1 is 1.13 bits per heavy atom. The number of amides is 3. The van der Waals surface area contributed by atoms with E-state index in [0.29, 0.717) is 30.9 Å². The predicted molar refractivity (Wildman–Crippen MR) is 114 cm³/mol. The Bertz CT molecular complexity index is 731. The van der Waals surface area contributed by atoms with Crippen molar-refractivity contribution < 1.29 is 19.1 Å². The normalized spacial score (nSPS) is 19.7. The van der Waals surface area contributed by atoms with Crippen molar-refractivity contribution in [3.8, 4) is 0 Å². The van der Waals surface area contributed by atoms with Gasteiger partial charge in [-0.05, 0) is 30.7 Å². The third-order valence-corrected chi connectivity index (χ3v) is 5.60. The Kier molecular flexibility index (Phi) is 8.21. The monoisotopic (exact) mass is 416 g/mol. The maximum atomic E-state index is 12.5. The number of ether oxygens (including phenoxy) is 1. The zero-order valence-corrected chi connectivity index (χ0v) is 17.7. The molecule has 2 fully saturated rings. The number of likely N-dealkylation sites (tertiary alicyclic amines) is 1.